The smallest absolute Gasteiger partial charge is 0.0675 e. The van der Waals surface area contributed by atoms with Crippen molar-refractivity contribution in [2.75, 3.05) is 0 Å². The topological polar surface area (TPSA) is 43.8 Å². The molecule has 1 aliphatic rings. The Balaban J connectivity index is 2.55. The average molecular weight is 179 g/mol. The molecule has 0 saturated carbocycles. The molecular formula is C10H17N3. The first kappa shape index (κ1) is 8.75. The molecule has 0 aliphatic heterocycles. The van der Waals surface area contributed by atoms with E-state index in [0.717, 1.165) is 12.8 Å². The maximum atomic E-state index is 6.04. The van der Waals surface area contributed by atoms with E-state index in [2.05, 4.69) is 18.9 Å². The van der Waals surface area contributed by atoms with Gasteiger partial charge in [0.2, 0.25) is 0 Å². The van der Waals surface area contributed by atoms with Crippen LogP contribution in [0.25, 0.3) is 0 Å². The zero-order valence-electron chi connectivity index (χ0n) is 8.54. The molecular weight excluding hydrogens is 162 g/mol. The summed E-state index contributed by atoms with van der Waals surface area (Å²) in [6.45, 7) is 4.39. The standard InChI is InChI=1S/C10H17N3/c1-6(2)10-9-7(11)4-5-8(9)12-13(10)3/h6-7H,4-5,11H2,1-3H3. The zero-order chi connectivity index (χ0) is 9.59. The second-order valence-corrected chi connectivity index (χ2v) is 4.17. The fraction of sp³-hybridized carbons (Fsp3) is 0.700. The normalized spacial score (nSPS) is 21.2. The molecule has 2 rings (SSSR count). The zero-order valence-corrected chi connectivity index (χ0v) is 8.54. The molecule has 2 N–H and O–H groups in total. The Morgan fingerprint density at radius 2 is 2.23 bits per heavy atom. The molecule has 0 amide bonds. The molecule has 0 aromatic carbocycles. The fourth-order valence-corrected chi connectivity index (χ4v) is 2.32. The molecule has 72 valence electrons. The van der Waals surface area contributed by atoms with Crippen molar-refractivity contribution >= 4 is 0 Å². The Bertz CT molecular complexity index is 325. The Hall–Kier alpha value is -0.830. The van der Waals surface area contributed by atoms with E-state index in [1.807, 2.05) is 11.7 Å². The number of fused-ring (bicyclic) bond motifs is 1. The summed E-state index contributed by atoms with van der Waals surface area (Å²) in [7, 11) is 2.01. The SMILES string of the molecule is CC(C)c1c2c(nn1C)CCC2N. The predicted molar refractivity (Wildman–Crippen MR) is 52.5 cm³/mol. The summed E-state index contributed by atoms with van der Waals surface area (Å²) in [6.07, 6.45) is 2.12. The Morgan fingerprint density at radius 1 is 1.54 bits per heavy atom. The van der Waals surface area contributed by atoms with Gasteiger partial charge in [0.1, 0.15) is 0 Å². The van der Waals surface area contributed by atoms with E-state index in [4.69, 9.17) is 5.73 Å². The summed E-state index contributed by atoms with van der Waals surface area (Å²) in [6, 6.07) is 0.223. The second-order valence-electron chi connectivity index (χ2n) is 4.17. The van der Waals surface area contributed by atoms with E-state index < -0.39 is 0 Å². The lowest BCUT2D eigenvalue weighted by Gasteiger charge is -2.11. The highest BCUT2D eigenvalue weighted by Gasteiger charge is 2.28. The van der Waals surface area contributed by atoms with Gasteiger partial charge in [-0.25, -0.2) is 0 Å². The summed E-state index contributed by atoms with van der Waals surface area (Å²) in [4.78, 5) is 0. The number of rotatable bonds is 1. The van der Waals surface area contributed by atoms with Gasteiger partial charge in [-0.05, 0) is 18.8 Å². The van der Waals surface area contributed by atoms with Crippen molar-refractivity contribution in [2.45, 2.75) is 38.6 Å². The van der Waals surface area contributed by atoms with Crippen LogP contribution < -0.4 is 5.73 Å². The number of nitrogens with zero attached hydrogens (tertiary/aromatic N) is 2. The number of hydrogen-bond donors (Lipinski definition) is 1. The molecule has 1 aromatic heterocycles. The van der Waals surface area contributed by atoms with E-state index in [0.29, 0.717) is 5.92 Å². The largest absolute Gasteiger partial charge is 0.324 e. The lowest BCUT2D eigenvalue weighted by Crippen LogP contribution is -2.11. The lowest BCUT2D eigenvalue weighted by atomic mass is 10.0. The van der Waals surface area contributed by atoms with Crippen molar-refractivity contribution in [3.63, 3.8) is 0 Å². The monoisotopic (exact) mass is 179 g/mol. The molecule has 1 aliphatic carbocycles. The first-order valence-corrected chi connectivity index (χ1v) is 4.92. The summed E-state index contributed by atoms with van der Waals surface area (Å²) >= 11 is 0. The van der Waals surface area contributed by atoms with Crippen molar-refractivity contribution < 1.29 is 0 Å². The van der Waals surface area contributed by atoms with Crippen molar-refractivity contribution in [2.24, 2.45) is 12.8 Å². The summed E-state index contributed by atoms with van der Waals surface area (Å²) in [5, 5.41) is 4.50. The molecule has 0 spiro atoms. The third kappa shape index (κ3) is 1.18. The molecule has 1 atom stereocenters. The maximum Gasteiger partial charge on any atom is 0.0675 e. The Labute approximate surface area is 78.9 Å². The van der Waals surface area contributed by atoms with E-state index in [-0.39, 0.29) is 6.04 Å². The average Bonchev–Trinajstić information content (AvgIpc) is 2.51. The van der Waals surface area contributed by atoms with Crippen molar-refractivity contribution in [1.82, 2.24) is 9.78 Å². The number of hydrogen-bond acceptors (Lipinski definition) is 2. The first-order chi connectivity index (χ1) is 6.11. The van der Waals surface area contributed by atoms with Gasteiger partial charge in [-0.15, -0.1) is 0 Å². The van der Waals surface area contributed by atoms with Crippen LogP contribution in [0.1, 0.15) is 49.2 Å². The van der Waals surface area contributed by atoms with Gasteiger partial charge < -0.3 is 5.73 Å². The third-order valence-corrected chi connectivity index (χ3v) is 2.82. The van der Waals surface area contributed by atoms with Gasteiger partial charge in [-0.3, -0.25) is 4.68 Å². The van der Waals surface area contributed by atoms with Crippen LogP contribution >= 0.6 is 0 Å². The van der Waals surface area contributed by atoms with Gasteiger partial charge >= 0.3 is 0 Å². The molecule has 3 heteroatoms. The van der Waals surface area contributed by atoms with Crippen molar-refractivity contribution in [3.05, 3.63) is 17.0 Å². The highest BCUT2D eigenvalue weighted by molar-refractivity contribution is 5.35. The molecule has 13 heavy (non-hydrogen) atoms. The minimum atomic E-state index is 0.223. The summed E-state index contributed by atoms with van der Waals surface area (Å²) in [5.41, 5.74) is 9.90. The summed E-state index contributed by atoms with van der Waals surface area (Å²) in [5.74, 6) is 0.519. The van der Waals surface area contributed by atoms with Crippen LogP contribution in [0, 0.1) is 0 Å². The minimum Gasteiger partial charge on any atom is -0.324 e. The number of aromatic nitrogens is 2. The number of nitrogens with two attached hydrogens (primary N) is 1. The van der Waals surface area contributed by atoms with Crippen LogP contribution in [-0.4, -0.2) is 9.78 Å². The molecule has 1 aromatic rings. The maximum absolute atomic E-state index is 6.04. The second kappa shape index (κ2) is 2.84. The molecule has 1 unspecified atom stereocenters. The Kier molecular flexibility index (Phi) is 1.91. The molecule has 0 fully saturated rings. The molecule has 0 radical (unpaired) electrons. The van der Waals surface area contributed by atoms with Crippen LogP contribution in [0.2, 0.25) is 0 Å². The Morgan fingerprint density at radius 3 is 2.85 bits per heavy atom. The summed E-state index contributed by atoms with van der Waals surface area (Å²) < 4.78 is 1.99. The third-order valence-electron chi connectivity index (χ3n) is 2.82. The molecule has 0 saturated heterocycles. The van der Waals surface area contributed by atoms with Crippen LogP contribution in [0.15, 0.2) is 0 Å². The first-order valence-electron chi connectivity index (χ1n) is 4.92. The van der Waals surface area contributed by atoms with Crippen LogP contribution in [0.5, 0.6) is 0 Å². The molecule has 1 heterocycles. The quantitative estimate of drug-likeness (QED) is 0.709. The van der Waals surface area contributed by atoms with Gasteiger partial charge in [-0.1, -0.05) is 13.8 Å². The van der Waals surface area contributed by atoms with Crippen LogP contribution in [0.3, 0.4) is 0 Å². The molecule has 0 bridgehead atoms. The predicted octanol–water partition coefficient (Wildman–Crippen LogP) is 1.49. The van der Waals surface area contributed by atoms with Crippen LogP contribution in [0.4, 0.5) is 0 Å². The highest BCUT2D eigenvalue weighted by atomic mass is 15.3. The van der Waals surface area contributed by atoms with Crippen molar-refractivity contribution in [3.8, 4) is 0 Å². The van der Waals surface area contributed by atoms with E-state index >= 15 is 0 Å². The van der Waals surface area contributed by atoms with Gasteiger partial charge in [0.15, 0.2) is 0 Å². The minimum absolute atomic E-state index is 0.223. The number of aryl methyl sites for hydroxylation is 2. The fourth-order valence-electron chi connectivity index (χ4n) is 2.32. The highest BCUT2D eigenvalue weighted by Crippen LogP contribution is 2.34. The van der Waals surface area contributed by atoms with Crippen LogP contribution in [-0.2, 0) is 13.5 Å². The van der Waals surface area contributed by atoms with Gasteiger partial charge in [0.25, 0.3) is 0 Å². The molecule has 3 nitrogen and oxygen atoms in total. The lowest BCUT2D eigenvalue weighted by molar-refractivity contribution is 0.617. The van der Waals surface area contributed by atoms with E-state index in [1.165, 1.54) is 17.0 Å². The van der Waals surface area contributed by atoms with E-state index in [1.54, 1.807) is 0 Å². The van der Waals surface area contributed by atoms with Gasteiger partial charge in [0.05, 0.1) is 5.69 Å². The van der Waals surface area contributed by atoms with Gasteiger partial charge in [-0.2, -0.15) is 5.10 Å². The van der Waals surface area contributed by atoms with Crippen molar-refractivity contribution in [1.29, 1.82) is 0 Å². The van der Waals surface area contributed by atoms with E-state index in [9.17, 15) is 0 Å². The van der Waals surface area contributed by atoms with Gasteiger partial charge in [0, 0.05) is 24.3 Å².